The molecule has 3 aromatic carbocycles. The van der Waals surface area contributed by atoms with E-state index in [4.69, 9.17) is 0 Å². The average Bonchev–Trinajstić information content (AvgIpc) is 2.88. The smallest absolute Gasteiger partial charge is 0.212 e. The van der Waals surface area contributed by atoms with Crippen molar-refractivity contribution in [2.45, 2.75) is 0 Å². The van der Waals surface area contributed by atoms with Crippen molar-refractivity contribution in [3.8, 4) is 0 Å². The van der Waals surface area contributed by atoms with Crippen LogP contribution in [0.4, 0.5) is 0 Å². The largest absolute Gasteiger partial charge is 0.354 e. The summed E-state index contributed by atoms with van der Waals surface area (Å²) >= 11 is 0. The topological polar surface area (TPSA) is 29.9 Å². The molecule has 0 atom stereocenters. The van der Waals surface area contributed by atoms with Crippen molar-refractivity contribution in [2.24, 2.45) is 0 Å². The fourth-order valence-electron chi connectivity index (χ4n) is 3.19. The second kappa shape index (κ2) is 3.83. The summed E-state index contributed by atoms with van der Waals surface area (Å²) in [6, 6.07) is 23.6. The van der Waals surface area contributed by atoms with Gasteiger partial charge in [0.25, 0.3) is 0 Å². The number of pyridine rings is 1. The lowest BCUT2D eigenvalue weighted by Gasteiger charge is -1.97. The van der Waals surface area contributed by atoms with Gasteiger partial charge in [0.1, 0.15) is 0 Å². The number of para-hydroxylation sites is 2. The molecule has 0 bridgehead atoms. The fraction of sp³-hybridized carbons (Fsp3) is 0. The molecule has 98 valence electrons. The molecule has 2 aromatic heterocycles. The summed E-state index contributed by atoms with van der Waals surface area (Å²) in [5, 5.41) is 5.01. The highest BCUT2D eigenvalue weighted by Gasteiger charge is 2.10. The highest BCUT2D eigenvalue weighted by molar-refractivity contribution is 6.11. The standard InChI is InChI=1S/C19H12N2/c1-3-7-16-12(5-1)9-13-10-19-15(11-18(13)20-16)14-6-2-4-8-17(14)21-19/h1-11,21H/p+1. The molecule has 0 aliphatic heterocycles. The normalized spacial score (nSPS) is 11.8. The highest BCUT2D eigenvalue weighted by Crippen LogP contribution is 2.28. The van der Waals surface area contributed by atoms with Crippen molar-refractivity contribution >= 4 is 43.6 Å². The zero-order valence-corrected chi connectivity index (χ0v) is 11.4. The number of aromatic nitrogens is 2. The van der Waals surface area contributed by atoms with Gasteiger partial charge in [-0.15, -0.1) is 0 Å². The first-order chi connectivity index (χ1) is 10.4. The summed E-state index contributed by atoms with van der Waals surface area (Å²) in [4.78, 5) is 7.05. The summed E-state index contributed by atoms with van der Waals surface area (Å²) in [6.07, 6.45) is 0. The van der Waals surface area contributed by atoms with Crippen LogP contribution in [-0.2, 0) is 0 Å². The zero-order valence-electron chi connectivity index (χ0n) is 11.4. The van der Waals surface area contributed by atoms with Crippen LogP contribution < -0.4 is 4.98 Å². The molecule has 0 radical (unpaired) electrons. The molecular formula is C19H13N2+. The first-order valence-corrected chi connectivity index (χ1v) is 7.14. The quantitative estimate of drug-likeness (QED) is 0.403. The molecule has 0 aliphatic rings. The minimum Gasteiger partial charge on any atom is -0.354 e. The van der Waals surface area contributed by atoms with Crippen LogP contribution in [0, 0.1) is 0 Å². The predicted molar refractivity (Wildman–Crippen MR) is 87.4 cm³/mol. The van der Waals surface area contributed by atoms with E-state index in [9.17, 15) is 0 Å². The van der Waals surface area contributed by atoms with Gasteiger partial charge in [0.15, 0.2) is 0 Å². The number of aromatic amines is 2. The van der Waals surface area contributed by atoms with E-state index in [1.54, 1.807) is 0 Å². The van der Waals surface area contributed by atoms with Gasteiger partial charge in [0.2, 0.25) is 11.0 Å². The summed E-state index contributed by atoms with van der Waals surface area (Å²) in [5.41, 5.74) is 4.72. The molecule has 2 N–H and O–H groups in total. The van der Waals surface area contributed by atoms with Gasteiger partial charge in [-0.2, -0.15) is 0 Å². The van der Waals surface area contributed by atoms with E-state index in [2.05, 4.69) is 76.7 Å². The van der Waals surface area contributed by atoms with Crippen LogP contribution in [0.1, 0.15) is 0 Å². The van der Waals surface area contributed by atoms with Crippen LogP contribution in [0.3, 0.4) is 0 Å². The van der Waals surface area contributed by atoms with Crippen LogP contribution in [0.2, 0.25) is 0 Å². The molecule has 2 heterocycles. The summed E-state index contributed by atoms with van der Waals surface area (Å²) in [7, 11) is 0. The summed E-state index contributed by atoms with van der Waals surface area (Å²) in [6.45, 7) is 0. The van der Waals surface area contributed by atoms with Crippen LogP contribution >= 0.6 is 0 Å². The Balaban J connectivity index is 1.99. The third kappa shape index (κ3) is 1.50. The predicted octanol–water partition coefficient (Wildman–Crippen LogP) is 4.44. The van der Waals surface area contributed by atoms with Gasteiger partial charge in [0, 0.05) is 44.7 Å². The van der Waals surface area contributed by atoms with Crippen molar-refractivity contribution in [2.75, 3.05) is 0 Å². The number of rotatable bonds is 0. The second-order valence-electron chi connectivity index (χ2n) is 5.51. The first-order valence-electron chi connectivity index (χ1n) is 7.14. The molecule has 2 nitrogen and oxygen atoms in total. The minimum absolute atomic E-state index is 1.17. The van der Waals surface area contributed by atoms with Crippen molar-refractivity contribution < 1.29 is 4.98 Å². The van der Waals surface area contributed by atoms with Gasteiger partial charge in [-0.3, -0.25) is 0 Å². The van der Waals surface area contributed by atoms with Crippen molar-refractivity contribution in [3.05, 3.63) is 66.7 Å². The van der Waals surface area contributed by atoms with Gasteiger partial charge in [0.05, 0.1) is 0 Å². The lowest BCUT2D eigenvalue weighted by molar-refractivity contribution is -0.310. The Bertz CT molecular complexity index is 1130. The number of benzene rings is 3. The van der Waals surface area contributed by atoms with Crippen LogP contribution in [0.15, 0.2) is 66.7 Å². The Morgan fingerprint density at radius 3 is 2.48 bits per heavy atom. The number of nitrogens with one attached hydrogen (secondary N) is 2. The maximum atomic E-state index is 3.54. The second-order valence-corrected chi connectivity index (χ2v) is 5.51. The number of hydrogen-bond acceptors (Lipinski definition) is 0. The molecule has 21 heavy (non-hydrogen) atoms. The molecule has 2 heteroatoms. The zero-order chi connectivity index (χ0) is 13.8. The lowest BCUT2D eigenvalue weighted by atomic mass is 10.1. The maximum absolute atomic E-state index is 3.54. The molecule has 0 saturated heterocycles. The summed E-state index contributed by atoms with van der Waals surface area (Å²) < 4.78 is 0. The van der Waals surface area contributed by atoms with Gasteiger partial charge >= 0.3 is 0 Å². The maximum Gasteiger partial charge on any atom is 0.212 e. The molecule has 0 amide bonds. The van der Waals surface area contributed by atoms with Crippen molar-refractivity contribution in [1.29, 1.82) is 0 Å². The molecule has 0 saturated carbocycles. The highest BCUT2D eigenvalue weighted by atomic mass is 14.7. The number of hydrogen-bond donors (Lipinski definition) is 1. The molecule has 0 fully saturated rings. The van der Waals surface area contributed by atoms with Crippen LogP contribution in [0.25, 0.3) is 43.6 Å². The molecule has 0 spiro atoms. The van der Waals surface area contributed by atoms with Gasteiger partial charge in [-0.25, -0.2) is 4.98 Å². The number of H-pyrrole nitrogens is 2. The van der Waals surface area contributed by atoms with E-state index in [1.165, 1.54) is 43.6 Å². The van der Waals surface area contributed by atoms with Gasteiger partial charge < -0.3 is 4.98 Å². The fourth-order valence-corrected chi connectivity index (χ4v) is 3.19. The SMILES string of the molecule is c1ccc2[nH+]c3cc4c(cc3cc2c1)[nH]c1ccccc14. The Kier molecular flexibility index (Phi) is 1.98. The minimum atomic E-state index is 1.17. The summed E-state index contributed by atoms with van der Waals surface area (Å²) in [5.74, 6) is 0. The van der Waals surface area contributed by atoms with Gasteiger partial charge in [-0.1, -0.05) is 30.3 Å². The molecule has 5 rings (SSSR count). The van der Waals surface area contributed by atoms with E-state index < -0.39 is 0 Å². The number of fused-ring (bicyclic) bond motifs is 5. The third-order valence-corrected chi connectivity index (χ3v) is 4.22. The first kappa shape index (κ1) is 10.9. The van der Waals surface area contributed by atoms with E-state index in [0.717, 1.165) is 0 Å². The van der Waals surface area contributed by atoms with Crippen LogP contribution in [-0.4, -0.2) is 4.98 Å². The van der Waals surface area contributed by atoms with Crippen molar-refractivity contribution in [3.63, 3.8) is 0 Å². The molecule has 5 aromatic rings. The van der Waals surface area contributed by atoms with Crippen LogP contribution in [0.5, 0.6) is 0 Å². The Labute approximate surface area is 121 Å². The van der Waals surface area contributed by atoms with Gasteiger partial charge in [-0.05, 0) is 24.3 Å². The average molecular weight is 269 g/mol. The molecule has 0 unspecified atom stereocenters. The van der Waals surface area contributed by atoms with Crippen molar-refractivity contribution in [1.82, 2.24) is 4.98 Å². The van der Waals surface area contributed by atoms with E-state index in [-0.39, 0.29) is 0 Å². The Morgan fingerprint density at radius 1 is 0.619 bits per heavy atom. The Morgan fingerprint density at radius 2 is 1.48 bits per heavy atom. The van der Waals surface area contributed by atoms with E-state index in [1.807, 2.05) is 0 Å². The third-order valence-electron chi connectivity index (χ3n) is 4.22. The molecular weight excluding hydrogens is 256 g/mol. The lowest BCUT2D eigenvalue weighted by Crippen LogP contribution is -2.04. The van der Waals surface area contributed by atoms with E-state index >= 15 is 0 Å². The monoisotopic (exact) mass is 269 g/mol. The molecule has 0 aliphatic carbocycles. The Hall–Kier alpha value is -2.87. The van der Waals surface area contributed by atoms with E-state index in [0.29, 0.717) is 0 Å².